The van der Waals surface area contributed by atoms with Crippen molar-refractivity contribution in [1.29, 1.82) is 0 Å². The third-order valence-corrected chi connectivity index (χ3v) is 3.47. The van der Waals surface area contributed by atoms with Gasteiger partial charge in [0.25, 0.3) is 5.69 Å². The molecule has 0 fully saturated rings. The Kier molecular flexibility index (Phi) is 5.00. The molecule has 124 valence electrons. The first-order valence-corrected chi connectivity index (χ1v) is 6.99. The minimum atomic E-state index is -1.01. The number of hydrogen-bond acceptors (Lipinski definition) is 5. The molecule has 0 saturated heterocycles. The Morgan fingerprint density at radius 1 is 1.21 bits per heavy atom. The van der Waals surface area contributed by atoms with E-state index in [-0.39, 0.29) is 22.1 Å². The Balaban J connectivity index is 2.17. The minimum absolute atomic E-state index is 0.0208. The van der Waals surface area contributed by atoms with E-state index in [0.29, 0.717) is 5.69 Å². The molecule has 24 heavy (non-hydrogen) atoms. The average Bonchev–Trinajstić information content (AvgIpc) is 2.55. The predicted molar refractivity (Wildman–Crippen MR) is 88.3 cm³/mol. The molecule has 0 aromatic heterocycles. The number of rotatable bonds is 3. The smallest absolute Gasteiger partial charge is 0.316 e. The summed E-state index contributed by atoms with van der Waals surface area (Å²) in [5.41, 5.74) is 0.0791. The van der Waals surface area contributed by atoms with Gasteiger partial charge < -0.3 is 15.3 Å². The highest BCUT2D eigenvalue weighted by atomic mass is 35.5. The fourth-order valence-electron chi connectivity index (χ4n) is 1.84. The normalized spacial score (nSPS) is 10.1. The number of phenolic OH excluding ortho intramolecular Hbond substituents is 1. The van der Waals surface area contributed by atoms with Gasteiger partial charge >= 0.3 is 11.8 Å². The second kappa shape index (κ2) is 6.97. The molecule has 0 aliphatic carbocycles. The second-order valence-corrected chi connectivity index (χ2v) is 5.16. The number of carbonyl (C=O) groups is 2. The van der Waals surface area contributed by atoms with E-state index in [1.54, 1.807) is 0 Å². The average molecular weight is 350 g/mol. The van der Waals surface area contributed by atoms with Gasteiger partial charge in [0.2, 0.25) is 0 Å². The molecule has 2 rings (SSSR count). The van der Waals surface area contributed by atoms with E-state index in [2.05, 4.69) is 5.32 Å². The van der Waals surface area contributed by atoms with Crippen LogP contribution in [0.2, 0.25) is 5.02 Å². The molecule has 0 aliphatic rings. The van der Waals surface area contributed by atoms with Gasteiger partial charge in [-0.15, -0.1) is 0 Å². The number of nitro groups is 1. The zero-order chi connectivity index (χ0) is 17.9. The van der Waals surface area contributed by atoms with Crippen LogP contribution in [-0.4, -0.2) is 28.9 Å². The second-order valence-electron chi connectivity index (χ2n) is 4.76. The number of likely N-dealkylation sites (N-methyl/N-ethyl adjacent to an activating group) is 1. The molecule has 0 aliphatic heterocycles. The first-order valence-electron chi connectivity index (χ1n) is 6.61. The van der Waals surface area contributed by atoms with E-state index < -0.39 is 16.7 Å². The van der Waals surface area contributed by atoms with Crippen LogP contribution in [0.15, 0.2) is 42.5 Å². The molecule has 2 amide bonds. The quantitative estimate of drug-likeness (QED) is 0.502. The lowest BCUT2D eigenvalue weighted by molar-refractivity contribution is -0.384. The monoisotopic (exact) mass is 349 g/mol. The van der Waals surface area contributed by atoms with Crippen molar-refractivity contribution in [2.45, 2.75) is 0 Å². The number of anilines is 2. The maximum atomic E-state index is 12.1. The van der Waals surface area contributed by atoms with E-state index in [0.717, 1.165) is 11.0 Å². The van der Waals surface area contributed by atoms with Crippen molar-refractivity contribution < 1.29 is 19.6 Å². The Hall–Kier alpha value is -3.13. The van der Waals surface area contributed by atoms with E-state index in [1.807, 2.05) is 0 Å². The van der Waals surface area contributed by atoms with Crippen molar-refractivity contribution in [3.05, 3.63) is 57.6 Å². The highest BCUT2D eigenvalue weighted by molar-refractivity contribution is 6.45. The fourth-order valence-corrected chi connectivity index (χ4v) is 2.01. The molecule has 2 N–H and O–H groups in total. The molecule has 2 aromatic carbocycles. The summed E-state index contributed by atoms with van der Waals surface area (Å²) in [6.07, 6.45) is 0. The van der Waals surface area contributed by atoms with Crippen LogP contribution in [0.3, 0.4) is 0 Å². The van der Waals surface area contributed by atoms with Crippen molar-refractivity contribution in [3.8, 4) is 5.75 Å². The Morgan fingerprint density at radius 3 is 2.42 bits per heavy atom. The molecule has 0 spiro atoms. The summed E-state index contributed by atoms with van der Waals surface area (Å²) in [5, 5.41) is 22.3. The van der Waals surface area contributed by atoms with Crippen molar-refractivity contribution in [1.82, 2.24) is 0 Å². The van der Waals surface area contributed by atoms with Gasteiger partial charge in [-0.1, -0.05) is 11.6 Å². The summed E-state index contributed by atoms with van der Waals surface area (Å²) < 4.78 is 0. The maximum Gasteiger partial charge on any atom is 0.316 e. The first kappa shape index (κ1) is 17.2. The van der Waals surface area contributed by atoms with Gasteiger partial charge in [0, 0.05) is 24.9 Å². The number of amides is 2. The first-order chi connectivity index (χ1) is 11.3. The van der Waals surface area contributed by atoms with Gasteiger partial charge in [0.05, 0.1) is 15.6 Å². The lowest BCUT2D eigenvalue weighted by Gasteiger charge is -2.17. The Labute approximate surface area is 141 Å². The Bertz CT molecular complexity index is 807. The summed E-state index contributed by atoms with van der Waals surface area (Å²) in [5.74, 6) is -1.89. The number of aromatic hydroxyl groups is 1. The van der Waals surface area contributed by atoms with Gasteiger partial charge in [-0.25, -0.2) is 0 Å². The summed E-state index contributed by atoms with van der Waals surface area (Å²) in [7, 11) is 1.38. The molecule has 0 atom stereocenters. The molecular weight excluding hydrogens is 338 g/mol. The molecule has 0 saturated carbocycles. The highest BCUT2D eigenvalue weighted by Gasteiger charge is 2.22. The summed E-state index contributed by atoms with van der Waals surface area (Å²) in [6.45, 7) is 0. The van der Waals surface area contributed by atoms with Gasteiger partial charge in [-0.3, -0.25) is 19.7 Å². The summed E-state index contributed by atoms with van der Waals surface area (Å²) >= 11 is 5.87. The lowest BCUT2D eigenvalue weighted by atomic mass is 10.2. The SMILES string of the molecule is CN(C(=O)C(=O)Nc1cc([N+](=O)[O-])ccc1Cl)c1ccc(O)cc1. The molecule has 9 heteroatoms. The van der Waals surface area contributed by atoms with Crippen LogP contribution in [-0.2, 0) is 9.59 Å². The van der Waals surface area contributed by atoms with Crippen LogP contribution in [0.5, 0.6) is 5.75 Å². The number of nitrogens with one attached hydrogen (secondary N) is 1. The van der Waals surface area contributed by atoms with Gasteiger partial charge in [0.1, 0.15) is 5.75 Å². The van der Waals surface area contributed by atoms with Crippen LogP contribution in [0, 0.1) is 10.1 Å². The zero-order valence-corrected chi connectivity index (χ0v) is 13.1. The molecular formula is C15H12ClN3O5. The van der Waals surface area contributed by atoms with Crippen LogP contribution in [0.4, 0.5) is 17.1 Å². The highest BCUT2D eigenvalue weighted by Crippen LogP contribution is 2.27. The van der Waals surface area contributed by atoms with Gasteiger partial charge in [-0.05, 0) is 30.3 Å². The number of benzene rings is 2. The fraction of sp³-hybridized carbons (Fsp3) is 0.0667. The molecule has 0 bridgehead atoms. The number of carbonyl (C=O) groups excluding carboxylic acids is 2. The number of halogens is 1. The molecule has 0 heterocycles. The molecule has 8 nitrogen and oxygen atoms in total. The number of hydrogen-bond donors (Lipinski definition) is 2. The predicted octanol–water partition coefficient (Wildman–Crippen LogP) is 2.56. The number of non-ortho nitro benzene ring substituents is 1. The number of phenols is 1. The summed E-state index contributed by atoms with van der Waals surface area (Å²) in [6, 6.07) is 9.16. The van der Waals surface area contributed by atoms with E-state index in [1.165, 1.54) is 43.4 Å². The standard InChI is InChI=1S/C15H12ClN3O5/c1-18(9-2-5-11(20)6-3-9)15(22)14(21)17-13-8-10(19(23)24)4-7-12(13)16/h2-8,20H,1H3,(H,17,21). The van der Waals surface area contributed by atoms with Crippen LogP contribution in [0.25, 0.3) is 0 Å². The van der Waals surface area contributed by atoms with Crippen LogP contribution >= 0.6 is 11.6 Å². The zero-order valence-electron chi connectivity index (χ0n) is 12.4. The lowest BCUT2D eigenvalue weighted by Crippen LogP contribution is -2.37. The molecule has 0 unspecified atom stereocenters. The van der Waals surface area contributed by atoms with Crippen molar-refractivity contribution in [3.63, 3.8) is 0 Å². The molecule has 2 aromatic rings. The van der Waals surface area contributed by atoms with E-state index in [9.17, 15) is 24.8 Å². The largest absolute Gasteiger partial charge is 0.508 e. The number of nitrogens with zero attached hydrogens (tertiary/aromatic N) is 2. The van der Waals surface area contributed by atoms with Crippen molar-refractivity contribution in [2.24, 2.45) is 0 Å². The van der Waals surface area contributed by atoms with E-state index >= 15 is 0 Å². The van der Waals surface area contributed by atoms with E-state index in [4.69, 9.17) is 11.6 Å². The molecule has 0 radical (unpaired) electrons. The third-order valence-electron chi connectivity index (χ3n) is 3.14. The van der Waals surface area contributed by atoms with Crippen LogP contribution in [0.1, 0.15) is 0 Å². The maximum absolute atomic E-state index is 12.1. The third kappa shape index (κ3) is 3.79. The topological polar surface area (TPSA) is 113 Å². The number of nitro benzene ring substituents is 1. The van der Waals surface area contributed by atoms with Crippen molar-refractivity contribution in [2.75, 3.05) is 17.3 Å². The van der Waals surface area contributed by atoms with Gasteiger partial charge in [0.15, 0.2) is 0 Å². The van der Waals surface area contributed by atoms with Crippen LogP contribution < -0.4 is 10.2 Å². The van der Waals surface area contributed by atoms with Crippen molar-refractivity contribution >= 4 is 40.5 Å². The Morgan fingerprint density at radius 2 is 1.83 bits per heavy atom. The van der Waals surface area contributed by atoms with Gasteiger partial charge in [-0.2, -0.15) is 0 Å². The minimum Gasteiger partial charge on any atom is -0.508 e. The summed E-state index contributed by atoms with van der Waals surface area (Å²) in [4.78, 5) is 35.4.